The first-order valence-electron chi connectivity index (χ1n) is 4.91. The second-order valence-corrected chi connectivity index (χ2v) is 4.72. The Hall–Kier alpha value is -1.75. The maximum absolute atomic E-state index is 4.69. The molecule has 0 aliphatic carbocycles. The van der Waals surface area contributed by atoms with Gasteiger partial charge in [-0.1, -0.05) is 11.2 Å². The van der Waals surface area contributed by atoms with Gasteiger partial charge in [0.1, 0.15) is 10.7 Å². The van der Waals surface area contributed by atoms with E-state index in [2.05, 4.69) is 39.0 Å². The van der Waals surface area contributed by atoms with Crippen molar-refractivity contribution in [3.05, 3.63) is 29.5 Å². The van der Waals surface area contributed by atoms with Crippen LogP contribution in [0.2, 0.25) is 0 Å². The molecule has 0 amide bonds. The Kier molecular flexibility index (Phi) is 2.00. The standard InChI is InChI=1S/C11H9N3OS/c1-6-3-4-8-9(5-6)16-11(12-8)10-7(2)13-15-14-10/h3-5H,1-2H3. The fraction of sp³-hybridized carbons (Fsp3) is 0.182. The zero-order valence-corrected chi connectivity index (χ0v) is 9.71. The van der Waals surface area contributed by atoms with Crippen LogP contribution in [0.1, 0.15) is 11.3 Å². The molecule has 5 heteroatoms. The van der Waals surface area contributed by atoms with Crippen LogP contribution in [0.5, 0.6) is 0 Å². The van der Waals surface area contributed by atoms with E-state index in [0.29, 0.717) is 0 Å². The molecule has 16 heavy (non-hydrogen) atoms. The molecule has 0 spiro atoms. The van der Waals surface area contributed by atoms with Gasteiger partial charge in [0.05, 0.1) is 10.2 Å². The first kappa shape index (κ1) is 9.47. The van der Waals surface area contributed by atoms with Crippen LogP contribution in [0.25, 0.3) is 20.9 Å². The van der Waals surface area contributed by atoms with E-state index in [1.54, 1.807) is 11.3 Å². The second kappa shape index (κ2) is 3.38. The van der Waals surface area contributed by atoms with Crippen LogP contribution in [0.4, 0.5) is 0 Å². The van der Waals surface area contributed by atoms with Crippen molar-refractivity contribution in [1.82, 2.24) is 15.3 Å². The van der Waals surface area contributed by atoms with Gasteiger partial charge in [-0.2, -0.15) is 0 Å². The molecule has 0 bridgehead atoms. The minimum Gasteiger partial charge on any atom is -0.244 e. The maximum Gasteiger partial charge on any atom is 0.166 e. The van der Waals surface area contributed by atoms with Crippen molar-refractivity contribution in [2.45, 2.75) is 13.8 Å². The van der Waals surface area contributed by atoms with Gasteiger partial charge in [-0.05, 0) is 36.7 Å². The molecule has 3 rings (SSSR count). The molecule has 80 valence electrons. The highest BCUT2D eigenvalue weighted by Gasteiger charge is 2.13. The van der Waals surface area contributed by atoms with Crippen LogP contribution in [0.15, 0.2) is 22.8 Å². The van der Waals surface area contributed by atoms with Crippen LogP contribution in [0.3, 0.4) is 0 Å². The van der Waals surface area contributed by atoms with Crippen molar-refractivity contribution in [3.63, 3.8) is 0 Å². The highest BCUT2D eigenvalue weighted by Crippen LogP contribution is 2.30. The van der Waals surface area contributed by atoms with Gasteiger partial charge >= 0.3 is 0 Å². The molecular formula is C11H9N3OS. The molecule has 0 aliphatic heterocycles. The zero-order valence-electron chi connectivity index (χ0n) is 8.89. The lowest BCUT2D eigenvalue weighted by molar-refractivity contribution is 0.306. The quantitative estimate of drug-likeness (QED) is 0.646. The van der Waals surface area contributed by atoms with Gasteiger partial charge in [0.2, 0.25) is 0 Å². The summed E-state index contributed by atoms with van der Waals surface area (Å²) < 4.78 is 5.85. The molecule has 1 aromatic carbocycles. The fourth-order valence-corrected chi connectivity index (χ4v) is 2.66. The first-order chi connectivity index (χ1) is 7.74. The first-order valence-corrected chi connectivity index (χ1v) is 5.72. The fourth-order valence-electron chi connectivity index (χ4n) is 1.56. The summed E-state index contributed by atoms with van der Waals surface area (Å²) in [5, 5.41) is 8.49. The number of rotatable bonds is 1. The monoisotopic (exact) mass is 231 g/mol. The molecule has 0 N–H and O–H groups in total. The Morgan fingerprint density at radius 2 is 2.06 bits per heavy atom. The molecule has 0 saturated carbocycles. The van der Waals surface area contributed by atoms with Gasteiger partial charge in [-0.25, -0.2) is 9.61 Å². The van der Waals surface area contributed by atoms with Crippen LogP contribution < -0.4 is 0 Å². The van der Waals surface area contributed by atoms with Gasteiger partial charge in [0, 0.05) is 0 Å². The van der Waals surface area contributed by atoms with Crippen molar-refractivity contribution in [1.29, 1.82) is 0 Å². The van der Waals surface area contributed by atoms with Crippen LogP contribution in [-0.2, 0) is 0 Å². The third-order valence-corrected chi connectivity index (χ3v) is 3.42. The van der Waals surface area contributed by atoms with E-state index >= 15 is 0 Å². The molecular weight excluding hydrogens is 222 g/mol. The van der Waals surface area contributed by atoms with Crippen molar-refractivity contribution < 1.29 is 4.63 Å². The molecule has 0 fully saturated rings. The largest absolute Gasteiger partial charge is 0.244 e. The van der Waals surface area contributed by atoms with E-state index in [0.717, 1.165) is 26.6 Å². The van der Waals surface area contributed by atoms with E-state index in [1.807, 2.05) is 13.0 Å². The highest BCUT2D eigenvalue weighted by molar-refractivity contribution is 7.21. The molecule has 2 aromatic heterocycles. The zero-order chi connectivity index (χ0) is 11.1. The number of fused-ring (bicyclic) bond motifs is 1. The normalized spacial score (nSPS) is 11.1. The summed E-state index contributed by atoms with van der Waals surface area (Å²) in [6.45, 7) is 3.94. The number of hydrogen-bond acceptors (Lipinski definition) is 5. The summed E-state index contributed by atoms with van der Waals surface area (Å²) in [5.74, 6) is 0. The Bertz CT molecular complexity index is 656. The molecule has 4 nitrogen and oxygen atoms in total. The van der Waals surface area contributed by atoms with Crippen LogP contribution >= 0.6 is 11.3 Å². The number of benzene rings is 1. The van der Waals surface area contributed by atoms with Crippen molar-refractivity contribution in [2.24, 2.45) is 0 Å². The Morgan fingerprint density at radius 1 is 1.19 bits per heavy atom. The van der Waals surface area contributed by atoms with E-state index in [4.69, 9.17) is 0 Å². The molecule has 2 heterocycles. The molecule has 0 aliphatic rings. The topological polar surface area (TPSA) is 51.8 Å². The summed E-state index contributed by atoms with van der Waals surface area (Å²) in [5.41, 5.74) is 3.74. The van der Waals surface area contributed by atoms with Gasteiger partial charge < -0.3 is 0 Å². The number of nitrogens with zero attached hydrogens (tertiary/aromatic N) is 3. The summed E-state index contributed by atoms with van der Waals surface area (Å²) in [6, 6.07) is 6.20. The third-order valence-electron chi connectivity index (χ3n) is 2.40. The van der Waals surface area contributed by atoms with Crippen LogP contribution in [-0.4, -0.2) is 15.3 Å². The number of thiazole rings is 1. The number of hydrogen-bond donors (Lipinski definition) is 0. The Balaban J connectivity index is 2.23. The maximum atomic E-state index is 4.69. The van der Waals surface area contributed by atoms with Crippen molar-refractivity contribution in [3.8, 4) is 10.7 Å². The lowest BCUT2D eigenvalue weighted by Gasteiger charge is -1.88. The average molecular weight is 231 g/mol. The lowest BCUT2D eigenvalue weighted by atomic mass is 10.2. The van der Waals surface area contributed by atoms with E-state index in [-0.39, 0.29) is 0 Å². The summed E-state index contributed by atoms with van der Waals surface area (Å²) in [7, 11) is 0. The van der Waals surface area contributed by atoms with Crippen LogP contribution in [0, 0.1) is 13.8 Å². The SMILES string of the molecule is Cc1ccc2nc(-c3nonc3C)sc2c1. The predicted molar refractivity (Wildman–Crippen MR) is 62.4 cm³/mol. The van der Waals surface area contributed by atoms with E-state index < -0.39 is 0 Å². The van der Waals surface area contributed by atoms with Gasteiger partial charge in [-0.3, -0.25) is 0 Å². The second-order valence-electron chi connectivity index (χ2n) is 3.69. The molecule has 0 unspecified atom stereocenters. The Labute approximate surface area is 95.9 Å². The number of aromatic nitrogens is 3. The minimum absolute atomic E-state index is 0.735. The average Bonchev–Trinajstić information content (AvgIpc) is 2.82. The van der Waals surface area contributed by atoms with Crippen molar-refractivity contribution >= 4 is 21.6 Å². The third kappa shape index (κ3) is 1.40. The molecule has 0 saturated heterocycles. The highest BCUT2D eigenvalue weighted by atomic mass is 32.1. The van der Waals surface area contributed by atoms with Gasteiger partial charge in [0.25, 0.3) is 0 Å². The summed E-state index contributed by atoms with van der Waals surface area (Å²) in [6.07, 6.45) is 0. The van der Waals surface area contributed by atoms with Crippen molar-refractivity contribution in [2.75, 3.05) is 0 Å². The molecule has 0 atom stereocenters. The number of aryl methyl sites for hydroxylation is 2. The Morgan fingerprint density at radius 3 is 2.81 bits per heavy atom. The molecule has 3 aromatic rings. The van der Waals surface area contributed by atoms with Gasteiger partial charge in [-0.15, -0.1) is 11.3 Å². The predicted octanol–water partition coefficient (Wildman–Crippen LogP) is 2.96. The minimum atomic E-state index is 0.735. The van der Waals surface area contributed by atoms with Gasteiger partial charge in [0.15, 0.2) is 5.69 Å². The summed E-state index contributed by atoms with van der Waals surface area (Å²) in [4.78, 5) is 4.51. The lowest BCUT2D eigenvalue weighted by Crippen LogP contribution is -1.78. The summed E-state index contributed by atoms with van der Waals surface area (Å²) >= 11 is 1.61. The molecule has 0 radical (unpaired) electrons. The van der Waals surface area contributed by atoms with E-state index in [1.165, 1.54) is 5.56 Å². The smallest absolute Gasteiger partial charge is 0.166 e. The van der Waals surface area contributed by atoms with E-state index in [9.17, 15) is 0 Å².